The molecule has 0 atom stereocenters. The minimum atomic E-state index is 0.676. The van der Waals surface area contributed by atoms with Gasteiger partial charge in [0.25, 0.3) is 0 Å². The third kappa shape index (κ3) is 2.13. The molecule has 0 aliphatic carbocycles. The fourth-order valence-electron chi connectivity index (χ4n) is 2.05. The van der Waals surface area contributed by atoms with Crippen LogP contribution in [0, 0.1) is 0 Å². The van der Waals surface area contributed by atoms with Crippen molar-refractivity contribution in [3.05, 3.63) is 18.0 Å². The Kier molecular flexibility index (Phi) is 3.72. The van der Waals surface area contributed by atoms with Gasteiger partial charge in [0.2, 0.25) is 0 Å². The van der Waals surface area contributed by atoms with Gasteiger partial charge in [0.05, 0.1) is 25.3 Å². The highest BCUT2D eigenvalue weighted by atomic mass is 16.5. The Morgan fingerprint density at radius 2 is 1.89 bits per heavy atom. The summed E-state index contributed by atoms with van der Waals surface area (Å²) in [6.45, 7) is 0.676. The number of hydrogen-bond acceptors (Lipinski definition) is 4. The lowest BCUT2D eigenvalue weighted by atomic mass is 10.2. The molecule has 0 saturated heterocycles. The van der Waals surface area contributed by atoms with Crippen LogP contribution in [0.1, 0.15) is 12.2 Å². The highest BCUT2D eigenvalue weighted by molar-refractivity contribution is 5.80. The topological polar surface area (TPSA) is 62.3 Å². The van der Waals surface area contributed by atoms with Crippen LogP contribution in [0.15, 0.2) is 12.1 Å². The molecule has 2 rings (SSSR count). The SMILES string of the molecule is COc1cc2nc(CCCN)n(C)c2cc1OC. The van der Waals surface area contributed by atoms with Gasteiger partial charge in [-0.3, -0.25) is 0 Å². The smallest absolute Gasteiger partial charge is 0.163 e. The summed E-state index contributed by atoms with van der Waals surface area (Å²) in [6.07, 6.45) is 1.82. The number of hydrogen-bond donors (Lipinski definition) is 1. The number of rotatable bonds is 5. The predicted molar refractivity (Wildman–Crippen MR) is 71.2 cm³/mol. The zero-order chi connectivity index (χ0) is 13.1. The van der Waals surface area contributed by atoms with Gasteiger partial charge >= 0.3 is 0 Å². The molecule has 0 fully saturated rings. The number of benzene rings is 1. The van der Waals surface area contributed by atoms with Crippen molar-refractivity contribution in [1.29, 1.82) is 0 Å². The summed E-state index contributed by atoms with van der Waals surface area (Å²) >= 11 is 0. The molecule has 0 aliphatic heterocycles. The van der Waals surface area contributed by atoms with Crippen molar-refractivity contribution in [2.45, 2.75) is 12.8 Å². The van der Waals surface area contributed by atoms with E-state index in [9.17, 15) is 0 Å². The second kappa shape index (κ2) is 5.27. The van der Waals surface area contributed by atoms with E-state index in [1.807, 2.05) is 19.2 Å². The lowest BCUT2D eigenvalue weighted by molar-refractivity contribution is 0.355. The maximum Gasteiger partial charge on any atom is 0.163 e. The number of nitrogens with two attached hydrogens (primary N) is 1. The first-order chi connectivity index (χ1) is 8.71. The molecule has 0 saturated carbocycles. The van der Waals surface area contributed by atoms with Gasteiger partial charge in [-0.15, -0.1) is 0 Å². The van der Waals surface area contributed by atoms with Crippen LogP contribution in [-0.4, -0.2) is 30.3 Å². The third-order valence-corrected chi connectivity index (χ3v) is 3.08. The van der Waals surface area contributed by atoms with E-state index in [1.54, 1.807) is 14.2 Å². The molecule has 0 radical (unpaired) electrons. The monoisotopic (exact) mass is 249 g/mol. The summed E-state index contributed by atoms with van der Waals surface area (Å²) in [5.74, 6) is 2.46. The van der Waals surface area contributed by atoms with Gasteiger partial charge in [0.15, 0.2) is 11.5 Å². The lowest BCUT2D eigenvalue weighted by Gasteiger charge is -2.07. The van der Waals surface area contributed by atoms with Crippen LogP contribution < -0.4 is 15.2 Å². The molecule has 5 nitrogen and oxygen atoms in total. The standard InChI is InChI=1S/C13H19N3O2/c1-16-10-8-12(18-3)11(17-2)7-9(10)15-13(16)5-4-6-14/h7-8H,4-6,14H2,1-3H3. The zero-order valence-corrected chi connectivity index (χ0v) is 11.1. The number of methoxy groups -OCH3 is 2. The Balaban J connectivity index is 2.51. The van der Waals surface area contributed by atoms with Gasteiger partial charge in [0, 0.05) is 25.6 Å². The predicted octanol–water partition coefficient (Wildman–Crippen LogP) is 1.48. The van der Waals surface area contributed by atoms with Crippen LogP contribution in [-0.2, 0) is 13.5 Å². The maximum absolute atomic E-state index is 5.53. The molecule has 0 unspecified atom stereocenters. The molecular weight excluding hydrogens is 230 g/mol. The number of imidazole rings is 1. The number of fused-ring (bicyclic) bond motifs is 1. The summed E-state index contributed by atoms with van der Waals surface area (Å²) in [5.41, 5.74) is 7.49. The molecule has 0 bridgehead atoms. The second-order valence-electron chi connectivity index (χ2n) is 4.18. The normalized spacial score (nSPS) is 10.9. The van der Waals surface area contributed by atoms with Gasteiger partial charge in [-0.2, -0.15) is 0 Å². The van der Waals surface area contributed by atoms with E-state index in [1.165, 1.54) is 0 Å². The van der Waals surface area contributed by atoms with Crippen LogP contribution >= 0.6 is 0 Å². The molecule has 1 heterocycles. The molecule has 1 aromatic heterocycles. The molecule has 2 aromatic rings. The van der Waals surface area contributed by atoms with E-state index in [2.05, 4.69) is 9.55 Å². The van der Waals surface area contributed by atoms with Crippen LogP contribution in [0.4, 0.5) is 0 Å². The summed E-state index contributed by atoms with van der Waals surface area (Å²) in [4.78, 5) is 4.61. The minimum Gasteiger partial charge on any atom is -0.493 e. The first-order valence-corrected chi connectivity index (χ1v) is 5.98. The third-order valence-electron chi connectivity index (χ3n) is 3.08. The van der Waals surface area contributed by atoms with E-state index in [4.69, 9.17) is 15.2 Å². The Hall–Kier alpha value is -1.75. The van der Waals surface area contributed by atoms with Crippen molar-refractivity contribution < 1.29 is 9.47 Å². The van der Waals surface area contributed by atoms with Gasteiger partial charge in [-0.1, -0.05) is 0 Å². The van der Waals surface area contributed by atoms with Crippen molar-refractivity contribution >= 4 is 11.0 Å². The molecule has 0 aliphatic rings. The second-order valence-corrected chi connectivity index (χ2v) is 4.18. The fourth-order valence-corrected chi connectivity index (χ4v) is 2.05. The number of aryl methyl sites for hydroxylation is 2. The number of nitrogens with zero attached hydrogens (tertiary/aromatic N) is 2. The molecule has 18 heavy (non-hydrogen) atoms. The van der Waals surface area contributed by atoms with E-state index >= 15 is 0 Å². The van der Waals surface area contributed by atoms with E-state index < -0.39 is 0 Å². The maximum atomic E-state index is 5.53. The molecule has 2 N–H and O–H groups in total. The van der Waals surface area contributed by atoms with E-state index in [0.717, 1.165) is 35.4 Å². The molecule has 0 spiro atoms. The minimum absolute atomic E-state index is 0.676. The summed E-state index contributed by atoms with van der Waals surface area (Å²) in [6, 6.07) is 3.85. The van der Waals surface area contributed by atoms with E-state index in [-0.39, 0.29) is 0 Å². The van der Waals surface area contributed by atoms with Gasteiger partial charge in [-0.25, -0.2) is 4.98 Å². The van der Waals surface area contributed by atoms with Crippen LogP contribution in [0.3, 0.4) is 0 Å². The van der Waals surface area contributed by atoms with Crippen LogP contribution in [0.5, 0.6) is 11.5 Å². The van der Waals surface area contributed by atoms with Crippen molar-refractivity contribution in [2.24, 2.45) is 12.8 Å². The highest BCUT2D eigenvalue weighted by Gasteiger charge is 2.12. The van der Waals surface area contributed by atoms with Gasteiger partial charge < -0.3 is 19.8 Å². The molecule has 98 valence electrons. The van der Waals surface area contributed by atoms with Crippen molar-refractivity contribution in [3.8, 4) is 11.5 Å². The van der Waals surface area contributed by atoms with Gasteiger partial charge in [-0.05, 0) is 13.0 Å². The molecule has 0 amide bonds. The largest absolute Gasteiger partial charge is 0.493 e. The van der Waals surface area contributed by atoms with Crippen LogP contribution in [0.25, 0.3) is 11.0 Å². The first-order valence-electron chi connectivity index (χ1n) is 5.98. The van der Waals surface area contributed by atoms with Crippen molar-refractivity contribution in [1.82, 2.24) is 9.55 Å². The Morgan fingerprint density at radius 3 is 2.50 bits per heavy atom. The van der Waals surface area contributed by atoms with E-state index in [0.29, 0.717) is 12.3 Å². The molecular formula is C13H19N3O2. The van der Waals surface area contributed by atoms with Crippen LogP contribution in [0.2, 0.25) is 0 Å². The first kappa shape index (κ1) is 12.7. The Labute approximate surface area is 107 Å². The average molecular weight is 249 g/mol. The van der Waals surface area contributed by atoms with Gasteiger partial charge in [0.1, 0.15) is 5.82 Å². The quantitative estimate of drug-likeness (QED) is 0.872. The zero-order valence-electron chi connectivity index (χ0n) is 11.1. The van der Waals surface area contributed by atoms with Crippen molar-refractivity contribution in [2.75, 3.05) is 20.8 Å². The Morgan fingerprint density at radius 1 is 1.22 bits per heavy atom. The van der Waals surface area contributed by atoms with Crippen molar-refractivity contribution in [3.63, 3.8) is 0 Å². The molecule has 5 heteroatoms. The number of aromatic nitrogens is 2. The average Bonchev–Trinajstić information content (AvgIpc) is 2.71. The Bertz CT molecular complexity index is 549. The summed E-state index contributed by atoms with van der Waals surface area (Å²) < 4.78 is 12.7. The number of ether oxygens (including phenoxy) is 2. The fraction of sp³-hybridized carbons (Fsp3) is 0.462. The lowest BCUT2D eigenvalue weighted by Crippen LogP contribution is -2.04. The summed E-state index contributed by atoms with van der Waals surface area (Å²) in [5, 5.41) is 0. The summed E-state index contributed by atoms with van der Waals surface area (Å²) in [7, 11) is 5.27. The molecule has 1 aromatic carbocycles. The highest BCUT2D eigenvalue weighted by Crippen LogP contribution is 2.32.